The lowest BCUT2D eigenvalue weighted by molar-refractivity contribution is 1.47. The number of nitrogens with one attached hydrogen (secondary N) is 1. The average molecular weight is 148 g/mol. The monoisotopic (exact) mass is 148 g/mol. The third kappa shape index (κ3) is 1.19. The zero-order chi connectivity index (χ0) is 6.97. The third-order valence-corrected chi connectivity index (χ3v) is 1.55. The van der Waals surface area contributed by atoms with Gasteiger partial charge in [0.25, 0.3) is 0 Å². The molecular formula is C9H12N2. The number of nitrogens with two attached hydrogens (primary N) is 1. The van der Waals surface area contributed by atoms with Gasteiger partial charge in [0.15, 0.2) is 0 Å². The van der Waals surface area contributed by atoms with Crippen LogP contribution in [0.25, 0.3) is 10.9 Å². The van der Waals surface area contributed by atoms with E-state index in [9.17, 15) is 0 Å². The van der Waals surface area contributed by atoms with Gasteiger partial charge in [0.05, 0.1) is 0 Å². The van der Waals surface area contributed by atoms with Gasteiger partial charge in [-0.3, -0.25) is 0 Å². The van der Waals surface area contributed by atoms with Crippen molar-refractivity contribution in [2.24, 2.45) is 0 Å². The predicted molar refractivity (Wildman–Crippen MR) is 49.4 cm³/mol. The standard InChI is InChI=1S/C8H8N2.CH4/c9-8-5-6-3-1-2-4-7(6)10-8;/h1-5,10H,9H2;1H4. The largest absolute Gasteiger partial charge is 0.385 e. The lowest BCUT2D eigenvalue weighted by Gasteiger charge is -1.83. The third-order valence-electron chi connectivity index (χ3n) is 1.55. The van der Waals surface area contributed by atoms with E-state index in [0.29, 0.717) is 0 Å². The van der Waals surface area contributed by atoms with Crippen LogP contribution in [0, 0.1) is 0 Å². The number of aromatic nitrogens is 1. The second kappa shape index (κ2) is 2.66. The molecule has 0 aliphatic heterocycles. The molecule has 0 aliphatic rings. The van der Waals surface area contributed by atoms with Gasteiger partial charge in [-0.05, 0) is 12.1 Å². The Hall–Kier alpha value is -1.44. The molecule has 58 valence electrons. The van der Waals surface area contributed by atoms with Crippen molar-refractivity contribution in [3.05, 3.63) is 30.3 Å². The SMILES string of the molecule is C.Nc1cc2ccccc2[nH]1. The summed E-state index contributed by atoms with van der Waals surface area (Å²) in [5.74, 6) is 0.723. The van der Waals surface area contributed by atoms with E-state index in [-0.39, 0.29) is 7.43 Å². The number of fused-ring (bicyclic) bond motifs is 1. The highest BCUT2D eigenvalue weighted by Gasteiger charge is 1.92. The summed E-state index contributed by atoms with van der Waals surface area (Å²) in [7, 11) is 0. The van der Waals surface area contributed by atoms with Crippen LogP contribution in [-0.2, 0) is 0 Å². The molecule has 0 atom stereocenters. The first-order chi connectivity index (χ1) is 4.86. The van der Waals surface area contributed by atoms with Crippen molar-refractivity contribution in [1.82, 2.24) is 4.98 Å². The molecule has 2 rings (SSSR count). The van der Waals surface area contributed by atoms with Gasteiger partial charge >= 0.3 is 0 Å². The second-order valence-corrected chi connectivity index (χ2v) is 2.31. The summed E-state index contributed by atoms with van der Waals surface area (Å²) in [4.78, 5) is 3.04. The minimum absolute atomic E-state index is 0. The van der Waals surface area contributed by atoms with E-state index in [2.05, 4.69) is 4.98 Å². The lowest BCUT2D eigenvalue weighted by Crippen LogP contribution is -1.80. The van der Waals surface area contributed by atoms with Crippen LogP contribution in [0.1, 0.15) is 7.43 Å². The highest BCUT2D eigenvalue weighted by atomic mass is 14.8. The number of hydrogen-bond acceptors (Lipinski definition) is 1. The molecule has 2 heteroatoms. The van der Waals surface area contributed by atoms with E-state index >= 15 is 0 Å². The second-order valence-electron chi connectivity index (χ2n) is 2.31. The van der Waals surface area contributed by atoms with Gasteiger partial charge in [-0.15, -0.1) is 0 Å². The van der Waals surface area contributed by atoms with Gasteiger partial charge < -0.3 is 10.7 Å². The van der Waals surface area contributed by atoms with Crippen LogP contribution in [0.5, 0.6) is 0 Å². The van der Waals surface area contributed by atoms with Crippen LogP contribution in [0.3, 0.4) is 0 Å². The van der Waals surface area contributed by atoms with Gasteiger partial charge in [-0.2, -0.15) is 0 Å². The Balaban J connectivity index is 0.000000605. The topological polar surface area (TPSA) is 41.8 Å². The molecule has 0 bridgehead atoms. The van der Waals surface area contributed by atoms with Crippen LogP contribution in [0.15, 0.2) is 30.3 Å². The van der Waals surface area contributed by atoms with E-state index in [1.165, 1.54) is 5.39 Å². The molecule has 1 heterocycles. The minimum Gasteiger partial charge on any atom is -0.385 e. The summed E-state index contributed by atoms with van der Waals surface area (Å²) in [5.41, 5.74) is 6.63. The average Bonchev–Trinajstić information content (AvgIpc) is 2.27. The number of nitrogen functional groups attached to an aromatic ring is 1. The van der Waals surface area contributed by atoms with Crippen LogP contribution >= 0.6 is 0 Å². The molecule has 0 aliphatic carbocycles. The molecule has 0 saturated carbocycles. The van der Waals surface area contributed by atoms with Crippen molar-refractivity contribution in [3.63, 3.8) is 0 Å². The van der Waals surface area contributed by atoms with Gasteiger partial charge in [0.1, 0.15) is 5.82 Å². The van der Waals surface area contributed by atoms with E-state index in [1.807, 2.05) is 30.3 Å². The molecule has 0 saturated heterocycles. The maximum absolute atomic E-state index is 5.54. The fourth-order valence-corrected chi connectivity index (χ4v) is 1.10. The predicted octanol–water partition coefficient (Wildman–Crippen LogP) is 2.39. The molecule has 3 N–H and O–H groups in total. The van der Waals surface area contributed by atoms with Gasteiger partial charge in [0.2, 0.25) is 0 Å². The van der Waals surface area contributed by atoms with Gasteiger partial charge in [-0.1, -0.05) is 25.6 Å². The van der Waals surface area contributed by atoms with Crippen molar-refractivity contribution in [1.29, 1.82) is 0 Å². The molecule has 0 amide bonds. The fraction of sp³-hybridized carbons (Fsp3) is 0.111. The van der Waals surface area contributed by atoms with Crippen molar-refractivity contribution in [3.8, 4) is 0 Å². The lowest BCUT2D eigenvalue weighted by atomic mass is 10.3. The number of aromatic amines is 1. The summed E-state index contributed by atoms with van der Waals surface area (Å²) in [6, 6.07) is 9.94. The summed E-state index contributed by atoms with van der Waals surface area (Å²) >= 11 is 0. The summed E-state index contributed by atoms with van der Waals surface area (Å²) in [6.07, 6.45) is 0. The molecule has 1 aromatic carbocycles. The number of benzene rings is 1. The number of H-pyrrole nitrogens is 1. The van der Waals surface area contributed by atoms with E-state index in [1.54, 1.807) is 0 Å². The Labute approximate surface area is 66.0 Å². The molecule has 1 aromatic heterocycles. The van der Waals surface area contributed by atoms with Crippen molar-refractivity contribution < 1.29 is 0 Å². The Kier molecular flexibility index (Phi) is 1.85. The molecule has 11 heavy (non-hydrogen) atoms. The Morgan fingerprint density at radius 1 is 1.18 bits per heavy atom. The fourth-order valence-electron chi connectivity index (χ4n) is 1.10. The maximum Gasteiger partial charge on any atom is 0.101 e. The van der Waals surface area contributed by atoms with Crippen molar-refractivity contribution in [2.45, 2.75) is 7.43 Å². The molecular weight excluding hydrogens is 136 g/mol. The smallest absolute Gasteiger partial charge is 0.101 e. The highest BCUT2D eigenvalue weighted by Crippen LogP contribution is 2.14. The molecule has 2 nitrogen and oxygen atoms in total. The first kappa shape index (κ1) is 7.66. The van der Waals surface area contributed by atoms with Crippen LogP contribution in [0.2, 0.25) is 0 Å². The summed E-state index contributed by atoms with van der Waals surface area (Å²) < 4.78 is 0. The van der Waals surface area contributed by atoms with Crippen molar-refractivity contribution >= 4 is 16.7 Å². The van der Waals surface area contributed by atoms with Crippen LogP contribution in [-0.4, -0.2) is 4.98 Å². The molecule has 2 aromatic rings. The highest BCUT2D eigenvalue weighted by molar-refractivity contribution is 5.82. The van der Waals surface area contributed by atoms with Crippen molar-refractivity contribution in [2.75, 3.05) is 5.73 Å². The van der Waals surface area contributed by atoms with Crippen LogP contribution in [0.4, 0.5) is 5.82 Å². The molecule has 0 unspecified atom stereocenters. The quantitative estimate of drug-likeness (QED) is 0.591. The Morgan fingerprint density at radius 3 is 2.64 bits per heavy atom. The Bertz CT molecular complexity index is 316. The van der Waals surface area contributed by atoms with Crippen LogP contribution < -0.4 is 5.73 Å². The maximum atomic E-state index is 5.54. The summed E-state index contributed by atoms with van der Waals surface area (Å²) in [5, 5.41) is 1.17. The number of anilines is 1. The number of rotatable bonds is 0. The van der Waals surface area contributed by atoms with E-state index in [0.717, 1.165) is 11.3 Å². The van der Waals surface area contributed by atoms with E-state index in [4.69, 9.17) is 5.73 Å². The Morgan fingerprint density at radius 2 is 1.91 bits per heavy atom. The molecule has 0 fully saturated rings. The molecule has 0 radical (unpaired) electrons. The summed E-state index contributed by atoms with van der Waals surface area (Å²) in [6.45, 7) is 0. The minimum atomic E-state index is 0. The zero-order valence-electron chi connectivity index (χ0n) is 5.46. The first-order valence-electron chi connectivity index (χ1n) is 3.19. The van der Waals surface area contributed by atoms with Gasteiger partial charge in [0, 0.05) is 10.9 Å². The normalized spacial score (nSPS) is 9.45. The van der Waals surface area contributed by atoms with Gasteiger partial charge in [-0.25, -0.2) is 0 Å². The zero-order valence-corrected chi connectivity index (χ0v) is 5.46. The number of hydrogen-bond donors (Lipinski definition) is 2. The first-order valence-corrected chi connectivity index (χ1v) is 3.19. The van der Waals surface area contributed by atoms with E-state index < -0.39 is 0 Å². The molecule has 0 spiro atoms. The number of para-hydroxylation sites is 1.